The van der Waals surface area contributed by atoms with Gasteiger partial charge in [0.05, 0.1) is 17.4 Å². The number of nitrogens with zero attached hydrogens (tertiary/aromatic N) is 5. The van der Waals surface area contributed by atoms with Crippen LogP contribution in [-0.2, 0) is 6.54 Å². The molecule has 1 aliphatic carbocycles. The van der Waals surface area contributed by atoms with E-state index >= 15 is 0 Å². The molecule has 4 aromatic rings. The Morgan fingerprint density at radius 3 is 2.22 bits per heavy atom. The molecule has 212 valence electrons. The van der Waals surface area contributed by atoms with Gasteiger partial charge in [-0.25, -0.2) is 4.98 Å². The molecule has 0 unspecified atom stereocenters. The number of likely N-dealkylation sites (N-methyl/N-ethyl adjacent to an activating group) is 1. The zero-order valence-electron chi connectivity index (χ0n) is 23.7. The van der Waals surface area contributed by atoms with Crippen molar-refractivity contribution in [3.63, 3.8) is 0 Å². The second-order valence-electron chi connectivity index (χ2n) is 11.3. The third-order valence-electron chi connectivity index (χ3n) is 8.20. The Kier molecular flexibility index (Phi) is 8.51. The number of aromatic nitrogens is 3. The van der Waals surface area contributed by atoms with E-state index < -0.39 is 0 Å². The van der Waals surface area contributed by atoms with Crippen LogP contribution >= 0.6 is 0 Å². The van der Waals surface area contributed by atoms with Crippen LogP contribution in [-0.4, -0.2) is 75.2 Å². The predicted octanol–water partition coefficient (Wildman–Crippen LogP) is 5.41. The summed E-state index contributed by atoms with van der Waals surface area (Å²) in [6.45, 7) is 5.55. The SMILES string of the molecule is CN1CCN(Cc2ccc(-c3ccc(Nc4ncc(-c5ccccn5)c(NC5CCC(O)CC5)n4)cc3)cc2)CC1. The fraction of sp³-hybridized carbons (Fsp3) is 0.364. The molecule has 6 rings (SSSR count). The van der Waals surface area contributed by atoms with Gasteiger partial charge >= 0.3 is 0 Å². The highest BCUT2D eigenvalue weighted by Crippen LogP contribution is 2.30. The third kappa shape index (κ3) is 7.08. The number of aliphatic hydroxyl groups is 1. The minimum absolute atomic E-state index is 0.200. The predicted molar refractivity (Wildman–Crippen MR) is 165 cm³/mol. The first kappa shape index (κ1) is 27.3. The van der Waals surface area contributed by atoms with Gasteiger partial charge in [-0.15, -0.1) is 0 Å². The van der Waals surface area contributed by atoms with E-state index in [2.05, 4.69) is 86.0 Å². The summed E-state index contributed by atoms with van der Waals surface area (Å²) < 4.78 is 0. The second kappa shape index (κ2) is 12.8. The topological polar surface area (TPSA) is 89.4 Å². The number of piperazine rings is 1. The molecule has 1 saturated heterocycles. The number of rotatable bonds is 8. The monoisotopic (exact) mass is 549 g/mol. The third-order valence-corrected chi connectivity index (χ3v) is 8.20. The highest BCUT2D eigenvalue weighted by atomic mass is 16.3. The van der Waals surface area contributed by atoms with E-state index in [1.165, 1.54) is 16.7 Å². The zero-order chi connectivity index (χ0) is 28.0. The molecule has 41 heavy (non-hydrogen) atoms. The van der Waals surface area contributed by atoms with Crippen molar-refractivity contribution in [3.8, 4) is 22.4 Å². The Morgan fingerprint density at radius 2 is 1.54 bits per heavy atom. The van der Waals surface area contributed by atoms with E-state index in [0.29, 0.717) is 5.95 Å². The molecular weight excluding hydrogens is 510 g/mol. The second-order valence-corrected chi connectivity index (χ2v) is 11.3. The van der Waals surface area contributed by atoms with Crippen molar-refractivity contribution in [2.24, 2.45) is 0 Å². The van der Waals surface area contributed by atoms with Crippen molar-refractivity contribution in [2.75, 3.05) is 43.9 Å². The van der Waals surface area contributed by atoms with Gasteiger partial charge in [-0.1, -0.05) is 42.5 Å². The number of anilines is 3. The maximum Gasteiger partial charge on any atom is 0.229 e. The number of pyridine rings is 1. The highest BCUT2D eigenvalue weighted by Gasteiger charge is 2.21. The van der Waals surface area contributed by atoms with Crippen LogP contribution in [0.2, 0.25) is 0 Å². The summed E-state index contributed by atoms with van der Waals surface area (Å²) in [5, 5.41) is 16.9. The van der Waals surface area contributed by atoms with Gasteiger partial charge in [-0.2, -0.15) is 4.98 Å². The van der Waals surface area contributed by atoms with Gasteiger partial charge in [0, 0.05) is 56.8 Å². The molecular formula is C33H39N7O. The summed E-state index contributed by atoms with van der Waals surface area (Å²) in [6.07, 6.45) is 6.84. The summed E-state index contributed by atoms with van der Waals surface area (Å²) in [7, 11) is 2.19. The van der Waals surface area contributed by atoms with Crippen LogP contribution in [0.3, 0.4) is 0 Å². The Hall–Kier alpha value is -3.85. The smallest absolute Gasteiger partial charge is 0.229 e. The number of hydrogen-bond donors (Lipinski definition) is 3. The van der Waals surface area contributed by atoms with Gasteiger partial charge in [-0.05, 0) is 73.7 Å². The van der Waals surface area contributed by atoms with Crippen LogP contribution in [0, 0.1) is 0 Å². The van der Waals surface area contributed by atoms with Crippen LogP contribution in [0.4, 0.5) is 17.5 Å². The fourth-order valence-electron chi connectivity index (χ4n) is 5.62. The average molecular weight is 550 g/mol. The lowest BCUT2D eigenvalue weighted by molar-refractivity contribution is 0.126. The molecule has 8 nitrogen and oxygen atoms in total. The van der Waals surface area contributed by atoms with Gasteiger partial charge in [0.1, 0.15) is 5.82 Å². The van der Waals surface area contributed by atoms with E-state index in [1.54, 1.807) is 6.20 Å². The van der Waals surface area contributed by atoms with Gasteiger partial charge in [0.15, 0.2) is 0 Å². The van der Waals surface area contributed by atoms with Gasteiger partial charge in [-0.3, -0.25) is 9.88 Å². The molecule has 0 atom stereocenters. The Labute approximate surface area is 242 Å². The molecule has 2 aliphatic rings. The van der Waals surface area contributed by atoms with E-state index in [4.69, 9.17) is 4.98 Å². The summed E-state index contributed by atoms with van der Waals surface area (Å²) in [4.78, 5) is 18.9. The van der Waals surface area contributed by atoms with Gasteiger partial charge in [0.2, 0.25) is 5.95 Å². The highest BCUT2D eigenvalue weighted by molar-refractivity contribution is 5.74. The molecule has 0 spiro atoms. The van der Waals surface area contributed by atoms with E-state index in [-0.39, 0.29) is 12.1 Å². The van der Waals surface area contributed by atoms with Crippen LogP contribution in [0.15, 0.2) is 79.1 Å². The molecule has 2 fully saturated rings. The molecule has 2 aromatic carbocycles. The maximum absolute atomic E-state index is 9.93. The van der Waals surface area contributed by atoms with Crippen molar-refractivity contribution in [2.45, 2.75) is 44.4 Å². The first-order valence-corrected chi connectivity index (χ1v) is 14.7. The number of benzene rings is 2. The zero-order valence-corrected chi connectivity index (χ0v) is 23.7. The van der Waals surface area contributed by atoms with Crippen LogP contribution < -0.4 is 10.6 Å². The van der Waals surface area contributed by atoms with Crippen molar-refractivity contribution < 1.29 is 5.11 Å². The molecule has 8 heteroatoms. The van der Waals surface area contributed by atoms with E-state index in [1.807, 2.05) is 24.4 Å². The largest absolute Gasteiger partial charge is 0.393 e. The molecule has 0 amide bonds. The average Bonchev–Trinajstić information content (AvgIpc) is 3.01. The first-order chi connectivity index (χ1) is 20.1. The van der Waals surface area contributed by atoms with Crippen LogP contribution in [0.1, 0.15) is 31.2 Å². The Balaban J connectivity index is 1.13. The van der Waals surface area contributed by atoms with Crippen LogP contribution in [0.5, 0.6) is 0 Å². The Morgan fingerprint density at radius 1 is 0.829 bits per heavy atom. The molecule has 0 radical (unpaired) electrons. The van der Waals surface area contributed by atoms with E-state index in [9.17, 15) is 5.11 Å². The fourth-order valence-corrected chi connectivity index (χ4v) is 5.62. The summed E-state index contributed by atoms with van der Waals surface area (Å²) in [6, 6.07) is 23.4. The minimum atomic E-state index is -0.200. The minimum Gasteiger partial charge on any atom is -0.393 e. The van der Waals surface area contributed by atoms with Crippen molar-refractivity contribution in [3.05, 3.63) is 84.7 Å². The standard InChI is InChI=1S/C33H39N7O/c1-39-18-20-40(21-19-39)23-24-5-7-25(8-6-24)26-9-11-28(12-10-26)37-33-35-22-30(31-4-2-3-17-34-31)32(38-33)36-27-13-15-29(41)16-14-27/h2-12,17,22,27,29,41H,13-16,18-21,23H2,1H3,(H2,35,36,37,38). The lowest BCUT2D eigenvalue weighted by Gasteiger charge is -2.32. The number of hydrogen-bond acceptors (Lipinski definition) is 8. The summed E-state index contributed by atoms with van der Waals surface area (Å²) >= 11 is 0. The lowest BCUT2D eigenvalue weighted by Crippen LogP contribution is -2.43. The van der Waals surface area contributed by atoms with E-state index in [0.717, 1.165) is 81.2 Å². The van der Waals surface area contributed by atoms with Crippen molar-refractivity contribution in [1.29, 1.82) is 0 Å². The van der Waals surface area contributed by atoms with Crippen LogP contribution in [0.25, 0.3) is 22.4 Å². The summed E-state index contributed by atoms with van der Waals surface area (Å²) in [5.74, 6) is 1.29. The molecule has 1 saturated carbocycles. The molecule has 3 heterocycles. The number of aliphatic hydroxyl groups excluding tert-OH is 1. The molecule has 2 aromatic heterocycles. The lowest BCUT2D eigenvalue weighted by atomic mass is 9.93. The van der Waals surface area contributed by atoms with Gasteiger partial charge in [0.25, 0.3) is 0 Å². The first-order valence-electron chi connectivity index (χ1n) is 14.7. The normalized spacial score (nSPS) is 20.0. The van der Waals surface area contributed by atoms with Crippen molar-refractivity contribution in [1.82, 2.24) is 24.8 Å². The molecule has 3 N–H and O–H groups in total. The molecule has 1 aliphatic heterocycles. The summed E-state index contributed by atoms with van der Waals surface area (Å²) in [5.41, 5.74) is 6.37. The Bertz CT molecular complexity index is 1400. The maximum atomic E-state index is 9.93. The van der Waals surface area contributed by atoms with Crippen molar-refractivity contribution >= 4 is 17.5 Å². The van der Waals surface area contributed by atoms with Gasteiger partial charge < -0.3 is 20.6 Å². The molecule has 0 bridgehead atoms. The quantitative estimate of drug-likeness (QED) is 0.269. The number of nitrogens with one attached hydrogen (secondary N) is 2.